The lowest BCUT2D eigenvalue weighted by Gasteiger charge is -2.17. The van der Waals surface area contributed by atoms with Gasteiger partial charge in [0.1, 0.15) is 23.9 Å². The van der Waals surface area contributed by atoms with Crippen molar-refractivity contribution < 1.29 is 38.5 Å². The van der Waals surface area contributed by atoms with Gasteiger partial charge in [0, 0.05) is 38.1 Å². The van der Waals surface area contributed by atoms with Crippen LogP contribution in [0.2, 0.25) is 0 Å². The van der Waals surface area contributed by atoms with Crippen LogP contribution in [0.1, 0.15) is 46.3 Å². The molecule has 0 bridgehead atoms. The Morgan fingerprint density at radius 1 is 0.897 bits per heavy atom. The van der Waals surface area contributed by atoms with E-state index < -0.39 is 11.9 Å². The molecule has 0 unspecified atom stereocenters. The fraction of sp³-hybridized carbons (Fsp3) is 0.300. The topological polar surface area (TPSA) is 113 Å². The van der Waals surface area contributed by atoms with Crippen molar-refractivity contribution in [2.75, 3.05) is 20.7 Å². The number of carbonyl (C=O) groups is 3. The van der Waals surface area contributed by atoms with Gasteiger partial charge in [-0.05, 0) is 72.4 Å². The summed E-state index contributed by atoms with van der Waals surface area (Å²) in [5, 5.41) is 18.1. The van der Waals surface area contributed by atoms with Crippen LogP contribution in [0.15, 0.2) is 54.6 Å². The van der Waals surface area contributed by atoms with Crippen molar-refractivity contribution in [2.24, 2.45) is 0 Å². The second-order valence-electron chi connectivity index (χ2n) is 9.33. The molecular weight excluding hydrogens is 505 g/mol. The standard InChI is InChI=1S/C30H32FNO7/c1-19-9-10-20(17-26(19)31)22-14-23(30(37)32(2)3)16-24(15-22)39-18-21-6-4-7-27(25(21)11-12-29(35)36)38-13-5-8-28(33)34/h4,6-7,9-10,14-17H,5,8,11-13,18H2,1-3H3,(H,33,34)(H,35,36). The van der Waals surface area contributed by atoms with E-state index in [-0.39, 0.29) is 44.2 Å². The first kappa shape index (κ1) is 29.2. The third-order valence-corrected chi connectivity index (χ3v) is 6.07. The maximum Gasteiger partial charge on any atom is 0.303 e. The Labute approximate surface area is 226 Å². The molecule has 0 atom stereocenters. The molecular formula is C30H32FNO7. The Kier molecular flexibility index (Phi) is 10.0. The highest BCUT2D eigenvalue weighted by molar-refractivity contribution is 5.95. The third kappa shape index (κ3) is 8.29. The molecule has 0 aliphatic rings. The highest BCUT2D eigenvalue weighted by atomic mass is 19.1. The number of ether oxygens (including phenoxy) is 2. The van der Waals surface area contributed by atoms with Gasteiger partial charge in [-0.3, -0.25) is 14.4 Å². The maximum atomic E-state index is 14.3. The molecule has 206 valence electrons. The Morgan fingerprint density at radius 3 is 2.31 bits per heavy atom. The number of aliphatic carboxylic acids is 2. The lowest BCUT2D eigenvalue weighted by molar-refractivity contribution is -0.138. The van der Waals surface area contributed by atoms with E-state index >= 15 is 0 Å². The zero-order chi connectivity index (χ0) is 28.5. The molecule has 2 N–H and O–H groups in total. The number of hydrogen-bond acceptors (Lipinski definition) is 5. The molecule has 0 fully saturated rings. The van der Waals surface area contributed by atoms with Gasteiger partial charge in [-0.15, -0.1) is 0 Å². The fourth-order valence-corrected chi connectivity index (χ4v) is 3.97. The molecule has 39 heavy (non-hydrogen) atoms. The van der Waals surface area contributed by atoms with Crippen LogP contribution < -0.4 is 9.47 Å². The molecule has 3 aromatic carbocycles. The van der Waals surface area contributed by atoms with Crippen molar-refractivity contribution >= 4 is 17.8 Å². The normalized spacial score (nSPS) is 10.7. The summed E-state index contributed by atoms with van der Waals surface area (Å²) in [6.45, 7) is 1.90. The summed E-state index contributed by atoms with van der Waals surface area (Å²) in [6, 6.07) is 15.1. The number of hydrogen-bond donors (Lipinski definition) is 2. The molecule has 0 aromatic heterocycles. The molecule has 0 saturated heterocycles. The molecule has 0 aliphatic heterocycles. The molecule has 0 spiro atoms. The third-order valence-electron chi connectivity index (χ3n) is 6.07. The Hall–Kier alpha value is -4.40. The van der Waals surface area contributed by atoms with Gasteiger partial charge < -0.3 is 24.6 Å². The Balaban J connectivity index is 1.92. The van der Waals surface area contributed by atoms with Crippen LogP contribution >= 0.6 is 0 Å². The molecule has 0 radical (unpaired) electrons. The van der Waals surface area contributed by atoms with Gasteiger partial charge in [-0.2, -0.15) is 0 Å². The number of carboxylic acid groups (broad SMARTS) is 2. The molecule has 0 heterocycles. The molecule has 0 aliphatic carbocycles. The SMILES string of the molecule is Cc1ccc(-c2cc(OCc3cccc(OCCCC(=O)O)c3CCC(=O)O)cc(C(=O)N(C)C)c2)cc1F. The quantitative estimate of drug-likeness (QED) is 0.283. The summed E-state index contributed by atoms with van der Waals surface area (Å²) in [5.41, 5.74) is 3.43. The van der Waals surface area contributed by atoms with Gasteiger partial charge in [0.2, 0.25) is 0 Å². The van der Waals surface area contributed by atoms with E-state index in [4.69, 9.17) is 14.6 Å². The summed E-state index contributed by atoms with van der Waals surface area (Å²) in [5.74, 6) is -1.64. The van der Waals surface area contributed by atoms with Crippen LogP contribution in [0.4, 0.5) is 4.39 Å². The number of aryl methyl sites for hydroxylation is 1. The zero-order valence-corrected chi connectivity index (χ0v) is 22.2. The van der Waals surface area contributed by atoms with E-state index in [1.54, 1.807) is 69.6 Å². The summed E-state index contributed by atoms with van der Waals surface area (Å²) in [4.78, 5) is 36.3. The van der Waals surface area contributed by atoms with E-state index in [2.05, 4.69) is 0 Å². The summed E-state index contributed by atoms with van der Waals surface area (Å²) < 4.78 is 26.2. The van der Waals surface area contributed by atoms with Crippen LogP contribution in [0.5, 0.6) is 11.5 Å². The average molecular weight is 538 g/mol. The van der Waals surface area contributed by atoms with E-state index in [1.165, 1.54) is 11.0 Å². The Morgan fingerprint density at radius 2 is 1.64 bits per heavy atom. The van der Waals surface area contributed by atoms with E-state index in [1.807, 2.05) is 0 Å². The second-order valence-corrected chi connectivity index (χ2v) is 9.33. The minimum atomic E-state index is -0.965. The average Bonchev–Trinajstić information content (AvgIpc) is 2.89. The highest BCUT2D eigenvalue weighted by Gasteiger charge is 2.16. The maximum absolute atomic E-state index is 14.3. The van der Waals surface area contributed by atoms with Crippen molar-refractivity contribution in [3.63, 3.8) is 0 Å². The highest BCUT2D eigenvalue weighted by Crippen LogP contribution is 2.30. The van der Waals surface area contributed by atoms with Crippen LogP contribution in [0.25, 0.3) is 11.1 Å². The summed E-state index contributed by atoms with van der Waals surface area (Å²) >= 11 is 0. The van der Waals surface area contributed by atoms with E-state index in [9.17, 15) is 23.9 Å². The number of benzene rings is 3. The van der Waals surface area contributed by atoms with Crippen molar-refractivity contribution in [1.82, 2.24) is 4.90 Å². The predicted molar refractivity (Wildman–Crippen MR) is 144 cm³/mol. The van der Waals surface area contributed by atoms with E-state index in [0.29, 0.717) is 51.3 Å². The van der Waals surface area contributed by atoms with Crippen molar-refractivity contribution in [3.05, 3.63) is 82.7 Å². The van der Waals surface area contributed by atoms with Crippen LogP contribution in [0, 0.1) is 12.7 Å². The van der Waals surface area contributed by atoms with Gasteiger partial charge in [0.15, 0.2) is 0 Å². The van der Waals surface area contributed by atoms with Crippen LogP contribution in [-0.4, -0.2) is 53.7 Å². The van der Waals surface area contributed by atoms with Crippen molar-refractivity contribution in [3.8, 4) is 22.6 Å². The van der Waals surface area contributed by atoms with Gasteiger partial charge in [0.05, 0.1) is 6.61 Å². The number of carboxylic acids is 2. The lowest BCUT2D eigenvalue weighted by atomic mass is 10.0. The number of rotatable bonds is 13. The largest absolute Gasteiger partial charge is 0.493 e. The minimum absolute atomic E-state index is 0.0392. The number of carbonyl (C=O) groups excluding carboxylic acids is 1. The van der Waals surface area contributed by atoms with E-state index in [0.717, 1.165) is 0 Å². The zero-order valence-electron chi connectivity index (χ0n) is 22.2. The van der Waals surface area contributed by atoms with Crippen molar-refractivity contribution in [2.45, 2.75) is 39.2 Å². The first-order valence-corrected chi connectivity index (χ1v) is 12.5. The Bertz CT molecular complexity index is 1350. The lowest BCUT2D eigenvalue weighted by Crippen LogP contribution is -2.21. The monoisotopic (exact) mass is 537 g/mol. The molecule has 1 amide bonds. The van der Waals surface area contributed by atoms with Crippen LogP contribution in [-0.2, 0) is 22.6 Å². The molecule has 0 saturated carbocycles. The predicted octanol–water partition coefficient (Wildman–Crippen LogP) is 5.34. The van der Waals surface area contributed by atoms with Crippen LogP contribution in [0.3, 0.4) is 0 Å². The van der Waals surface area contributed by atoms with Crippen molar-refractivity contribution in [1.29, 1.82) is 0 Å². The first-order valence-electron chi connectivity index (χ1n) is 12.5. The molecule has 9 heteroatoms. The molecule has 3 aromatic rings. The van der Waals surface area contributed by atoms with Gasteiger partial charge >= 0.3 is 11.9 Å². The smallest absolute Gasteiger partial charge is 0.303 e. The van der Waals surface area contributed by atoms with Gasteiger partial charge in [-0.1, -0.05) is 24.3 Å². The minimum Gasteiger partial charge on any atom is -0.493 e. The summed E-state index contributed by atoms with van der Waals surface area (Å²) in [7, 11) is 3.27. The number of halogens is 1. The fourth-order valence-electron chi connectivity index (χ4n) is 3.97. The molecule has 8 nitrogen and oxygen atoms in total. The first-order chi connectivity index (χ1) is 18.5. The second kappa shape index (κ2) is 13.4. The summed E-state index contributed by atoms with van der Waals surface area (Å²) in [6.07, 6.45) is 0.334. The van der Waals surface area contributed by atoms with Gasteiger partial charge in [-0.25, -0.2) is 4.39 Å². The number of nitrogens with zero attached hydrogens (tertiary/aromatic N) is 1. The molecule has 3 rings (SSSR count). The van der Waals surface area contributed by atoms with Gasteiger partial charge in [0.25, 0.3) is 5.91 Å². The number of amides is 1.